The van der Waals surface area contributed by atoms with Crippen LogP contribution in [0.4, 0.5) is 13.2 Å². The topological polar surface area (TPSA) is 77.7 Å². The van der Waals surface area contributed by atoms with E-state index in [0.717, 1.165) is 16.8 Å². The van der Waals surface area contributed by atoms with E-state index in [9.17, 15) is 21.6 Å². The van der Waals surface area contributed by atoms with Crippen molar-refractivity contribution in [3.63, 3.8) is 0 Å². The third-order valence-corrected chi connectivity index (χ3v) is 5.88. The fourth-order valence-corrected chi connectivity index (χ4v) is 3.88. The van der Waals surface area contributed by atoms with Gasteiger partial charge in [0.15, 0.2) is 9.84 Å². The average Bonchev–Trinajstić information content (AvgIpc) is 3.11. The molecule has 0 N–H and O–H groups in total. The Balaban J connectivity index is 2.08. The number of hydrogen-bond acceptors (Lipinski definition) is 5. The second kappa shape index (κ2) is 7.04. The molecule has 3 rings (SSSR count). The van der Waals surface area contributed by atoms with E-state index in [1.165, 1.54) is 37.5 Å². The Labute approximate surface area is 161 Å². The van der Waals surface area contributed by atoms with Gasteiger partial charge in [-0.2, -0.15) is 13.2 Å². The van der Waals surface area contributed by atoms with Crippen LogP contribution in [-0.2, 0) is 16.0 Å². The number of sulfone groups is 1. The maximum absolute atomic E-state index is 12.9. The largest absolute Gasteiger partial charge is 0.416 e. The van der Waals surface area contributed by atoms with Crippen molar-refractivity contribution in [1.82, 2.24) is 20.0 Å². The molecule has 0 unspecified atom stereocenters. The highest BCUT2D eigenvalue weighted by molar-refractivity contribution is 9.10. The molecule has 0 radical (unpaired) electrons. The van der Waals surface area contributed by atoms with Gasteiger partial charge < -0.3 is 0 Å². The van der Waals surface area contributed by atoms with Crippen molar-refractivity contribution < 1.29 is 21.6 Å². The van der Waals surface area contributed by atoms with Crippen LogP contribution in [0, 0.1) is 0 Å². The second-order valence-electron chi connectivity index (χ2n) is 5.50. The number of benzene rings is 1. The summed E-state index contributed by atoms with van der Waals surface area (Å²) < 4.78 is 65.0. The molecule has 3 aromatic rings. The zero-order valence-corrected chi connectivity index (χ0v) is 16.2. The van der Waals surface area contributed by atoms with Crippen molar-refractivity contribution in [3.05, 3.63) is 52.8 Å². The Bertz CT molecular complexity index is 1100. The molecular formula is C16H12BrF3N4O2S. The first-order chi connectivity index (χ1) is 12.6. The summed E-state index contributed by atoms with van der Waals surface area (Å²) in [6.07, 6.45) is -1.75. The normalized spacial score (nSPS) is 12.3. The zero-order valence-electron chi connectivity index (χ0n) is 13.8. The molecule has 142 valence electrons. The fraction of sp³-hybridized carbons (Fsp3) is 0.188. The minimum absolute atomic E-state index is 0.0320. The highest BCUT2D eigenvalue weighted by Gasteiger charge is 2.30. The predicted molar refractivity (Wildman–Crippen MR) is 95.0 cm³/mol. The van der Waals surface area contributed by atoms with Crippen LogP contribution in [0.25, 0.3) is 17.1 Å². The molecule has 0 aliphatic rings. The molecule has 0 saturated heterocycles. The molecule has 11 heteroatoms. The van der Waals surface area contributed by atoms with E-state index in [0.29, 0.717) is 4.47 Å². The molecule has 0 amide bonds. The molecule has 0 spiro atoms. The predicted octanol–water partition coefficient (Wildman–Crippen LogP) is 3.90. The summed E-state index contributed by atoms with van der Waals surface area (Å²) >= 11 is 3.18. The number of alkyl halides is 3. The van der Waals surface area contributed by atoms with Crippen molar-refractivity contribution >= 4 is 25.8 Å². The van der Waals surface area contributed by atoms with Gasteiger partial charge in [0.25, 0.3) is 0 Å². The number of nitrogens with zero attached hydrogens (tertiary/aromatic N) is 4. The van der Waals surface area contributed by atoms with Crippen LogP contribution in [0.15, 0.2) is 52.1 Å². The summed E-state index contributed by atoms with van der Waals surface area (Å²) in [6, 6.07) is 5.97. The van der Waals surface area contributed by atoms with Crippen LogP contribution in [0.3, 0.4) is 0 Å². The Morgan fingerprint density at radius 3 is 2.63 bits per heavy atom. The number of rotatable bonds is 4. The van der Waals surface area contributed by atoms with E-state index < -0.39 is 21.6 Å². The number of aromatic nitrogens is 4. The standard InChI is InChI=1S/C16H12BrF3N4O2S/c1-2-27(25,26)14-7-11(17)8-21-15(14)13-9-24(23-22-13)12-5-3-4-10(6-12)16(18,19)20/h3-9H,2H2,1H3. The highest BCUT2D eigenvalue weighted by atomic mass is 79.9. The van der Waals surface area contributed by atoms with E-state index in [-0.39, 0.29) is 27.7 Å². The van der Waals surface area contributed by atoms with Crippen LogP contribution >= 0.6 is 15.9 Å². The third-order valence-electron chi connectivity index (χ3n) is 3.71. The third kappa shape index (κ3) is 4.03. The van der Waals surface area contributed by atoms with E-state index in [1.807, 2.05) is 0 Å². The lowest BCUT2D eigenvalue weighted by atomic mass is 10.2. The van der Waals surface area contributed by atoms with Gasteiger partial charge in [-0.25, -0.2) is 13.1 Å². The van der Waals surface area contributed by atoms with E-state index in [4.69, 9.17) is 0 Å². The summed E-state index contributed by atoms with van der Waals surface area (Å²) in [5.74, 6) is -0.139. The van der Waals surface area contributed by atoms with Gasteiger partial charge in [0.1, 0.15) is 11.4 Å². The average molecular weight is 461 g/mol. The SMILES string of the molecule is CCS(=O)(=O)c1cc(Br)cnc1-c1cn(-c2cccc(C(F)(F)F)c2)nn1. The molecule has 0 atom stereocenters. The van der Waals surface area contributed by atoms with E-state index in [1.54, 1.807) is 0 Å². The molecule has 6 nitrogen and oxygen atoms in total. The fourth-order valence-electron chi connectivity index (χ4n) is 2.33. The van der Waals surface area contributed by atoms with Crippen molar-refractivity contribution in [2.24, 2.45) is 0 Å². The number of halogens is 4. The minimum atomic E-state index is -4.49. The maximum Gasteiger partial charge on any atom is 0.416 e. The summed E-state index contributed by atoms with van der Waals surface area (Å²) in [5.41, 5.74) is -0.473. The van der Waals surface area contributed by atoms with Gasteiger partial charge in [-0.15, -0.1) is 5.10 Å². The molecule has 2 aromatic heterocycles. The molecule has 2 heterocycles. The first-order valence-corrected chi connectivity index (χ1v) is 10.0. The lowest BCUT2D eigenvalue weighted by Crippen LogP contribution is -2.07. The van der Waals surface area contributed by atoms with Gasteiger partial charge in [0.2, 0.25) is 0 Å². The summed E-state index contributed by atoms with van der Waals surface area (Å²) in [4.78, 5) is 4.07. The Kier molecular flexibility index (Phi) is 5.08. The van der Waals surface area contributed by atoms with Crippen LogP contribution in [-0.4, -0.2) is 34.1 Å². The molecule has 0 aliphatic heterocycles. The van der Waals surface area contributed by atoms with Crippen molar-refractivity contribution in [2.75, 3.05) is 5.75 Å². The zero-order chi connectivity index (χ0) is 19.8. The summed E-state index contributed by atoms with van der Waals surface area (Å²) in [7, 11) is -3.60. The van der Waals surface area contributed by atoms with E-state index >= 15 is 0 Å². The monoisotopic (exact) mass is 460 g/mol. The van der Waals surface area contributed by atoms with Gasteiger partial charge >= 0.3 is 6.18 Å². The number of hydrogen-bond donors (Lipinski definition) is 0. The number of pyridine rings is 1. The van der Waals surface area contributed by atoms with Crippen LogP contribution in [0.5, 0.6) is 0 Å². The minimum Gasteiger partial charge on any atom is -0.252 e. The first kappa shape index (κ1) is 19.5. The summed E-state index contributed by atoms with van der Waals surface area (Å²) in [5, 5.41) is 7.69. The summed E-state index contributed by atoms with van der Waals surface area (Å²) in [6.45, 7) is 1.50. The van der Waals surface area contributed by atoms with Gasteiger partial charge in [-0.3, -0.25) is 4.98 Å². The van der Waals surface area contributed by atoms with Gasteiger partial charge in [0.05, 0.1) is 28.1 Å². The lowest BCUT2D eigenvalue weighted by Gasteiger charge is -2.08. The molecule has 0 saturated carbocycles. The highest BCUT2D eigenvalue weighted by Crippen LogP contribution is 2.31. The van der Waals surface area contributed by atoms with Crippen LogP contribution in [0.1, 0.15) is 12.5 Å². The van der Waals surface area contributed by atoms with Crippen LogP contribution < -0.4 is 0 Å². The van der Waals surface area contributed by atoms with Crippen molar-refractivity contribution in [1.29, 1.82) is 0 Å². The lowest BCUT2D eigenvalue weighted by molar-refractivity contribution is -0.137. The molecule has 1 aromatic carbocycles. The molecule has 0 fully saturated rings. The van der Waals surface area contributed by atoms with Gasteiger partial charge in [-0.1, -0.05) is 18.2 Å². The van der Waals surface area contributed by atoms with E-state index in [2.05, 4.69) is 31.2 Å². The van der Waals surface area contributed by atoms with Crippen LogP contribution in [0.2, 0.25) is 0 Å². The Morgan fingerprint density at radius 2 is 1.96 bits per heavy atom. The second-order valence-corrected chi connectivity index (χ2v) is 8.66. The maximum atomic E-state index is 12.9. The molecular weight excluding hydrogens is 449 g/mol. The van der Waals surface area contributed by atoms with Crippen molar-refractivity contribution in [3.8, 4) is 17.1 Å². The Hall–Kier alpha value is -2.27. The van der Waals surface area contributed by atoms with Gasteiger partial charge in [0, 0.05) is 10.7 Å². The quantitative estimate of drug-likeness (QED) is 0.589. The Morgan fingerprint density at radius 1 is 1.22 bits per heavy atom. The first-order valence-electron chi connectivity index (χ1n) is 7.60. The smallest absolute Gasteiger partial charge is 0.252 e. The van der Waals surface area contributed by atoms with Crippen molar-refractivity contribution in [2.45, 2.75) is 18.0 Å². The molecule has 0 bridgehead atoms. The molecule has 0 aliphatic carbocycles. The molecule has 27 heavy (non-hydrogen) atoms. The van der Waals surface area contributed by atoms with Gasteiger partial charge in [-0.05, 0) is 40.2 Å².